The van der Waals surface area contributed by atoms with E-state index in [1.165, 1.54) is 6.92 Å². The third-order valence-electron chi connectivity index (χ3n) is 0.802. The van der Waals surface area contributed by atoms with Crippen molar-refractivity contribution in [2.24, 2.45) is 0 Å². The van der Waals surface area contributed by atoms with E-state index in [-0.39, 0.29) is 0 Å². The fraction of sp³-hybridized carbons (Fsp3) is 0.500. The van der Waals surface area contributed by atoms with Gasteiger partial charge in [-0.3, -0.25) is 0 Å². The van der Waals surface area contributed by atoms with E-state index < -0.39 is 26.0 Å². The summed E-state index contributed by atoms with van der Waals surface area (Å²) in [6.45, 7) is 1.19. The lowest BCUT2D eigenvalue weighted by Crippen LogP contribution is -2.03. The van der Waals surface area contributed by atoms with Crippen LogP contribution in [0.3, 0.4) is 0 Å². The van der Waals surface area contributed by atoms with Crippen molar-refractivity contribution in [3.63, 3.8) is 0 Å². The molecule has 0 aliphatic rings. The summed E-state index contributed by atoms with van der Waals surface area (Å²) in [6.07, 6.45) is 0. The van der Waals surface area contributed by atoms with Crippen molar-refractivity contribution in [3.8, 4) is 0 Å². The Morgan fingerprint density at radius 3 is 2.00 bits per heavy atom. The molecule has 0 saturated heterocycles. The molecule has 0 amide bonds. The standard InChI is InChI=1S/C4H5ClF2O2S/c1-2-10(8,9)4(7)3(5)6/h2H2,1H3/b4-3-. The summed E-state index contributed by atoms with van der Waals surface area (Å²) in [6, 6.07) is 0. The third-order valence-corrected chi connectivity index (χ3v) is 2.57. The molecule has 0 aromatic heterocycles. The molecule has 0 N–H and O–H groups in total. The summed E-state index contributed by atoms with van der Waals surface area (Å²) in [5.74, 6) is -0.501. The highest BCUT2D eigenvalue weighted by Gasteiger charge is 2.19. The fourth-order valence-electron chi connectivity index (χ4n) is 0.244. The summed E-state index contributed by atoms with van der Waals surface area (Å²) >= 11 is 4.45. The number of hydrogen-bond acceptors (Lipinski definition) is 2. The SMILES string of the molecule is CCS(=O)(=O)/C(F)=C(\F)Cl. The normalized spacial score (nSPS) is 14.8. The zero-order valence-corrected chi connectivity index (χ0v) is 6.64. The number of halogens is 3. The Morgan fingerprint density at radius 2 is 1.90 bits per heavy atom. The maximum Gasteiger partial charge on any atom is 0.261 e. The highest BCUT2D eigenvalue weighted by molar-refractivity contribution is 7.95. The van der Waals surface area contributed by atoms with E-state index in [1.807, 2.05) is 0 Å². The second-order valence-corrected chi connectivity index (χ2v) is 3.93. The topological polar surface area (TPSA) is 34.1 Å². The molecule has 6 heteroatoms. The van der Waals surface area contributed by atoms with Crippen molar-refractivity contribution in [3.05, 3.63) is 10.4 Å². The van der Waals surface area contributed by atoms with Gasteiger partial charge in [0.25, 0.3) is 5.16 Å². The second-order valence-electron chi connectivity index (χ2n) is 1.44. The molecule has 2 nitrogen and oxygen atoms in total. The first kappa shape index (κ1) is 9.84. The third kappa shape index (κ3) is 2.22. The average molecular weight is 191 g/mol. The Kier molecular flexibility index (Phi) is 3.24. The molecule has 10 heavy (non-hydrogen) atoms. The van der Waals surface area contributed by atoms with E-state index in [0.29, 0.717) is 0 Å². The Bertz CT molecular complexity index is 240. The average Bonchev–Trinajstić information content (AvgIpc) is 1.86. The van der Waals surface area contributed by atoms with Crippen LogP contribution in [0.4, 0.5) is 8.78 Å². The lowest BCUT2D eigenvalue weighted by Gasteiger charge is -1.93. The fourth-order valence-corrected chi connectivity index (χ4v) is 1.09. The van der Waals surface area contributed by atoms with E-state index in [4.69, 9.17) is 0 Å². The largest absolute Gasteiger partial charge is 0.261 e. The molecule has 0 atom stereocenters. The highest BCUT2D eigenvalue weighted by atomic mass is 35.5. The van der Waals surface area contributed by atoms with Gasteiger partial charge < -0.3 is 0 Å². The van der Waals surface area contributed by atoms with Crippen molar-refractivity contribution in [1.29, 1.82) is 0 Å². The van der Waals surface area contributed by atoms with Gasteiger partial charge in [0.1, 0.15) is 0 Å². The minimum Gasteiger partial charge on any atom is -0.221 e. The summed E-state index contributed by atoms with van der Waals surface area (Å²) in [4.78, 5) is 0. The molecular formula is C4H5ClF2O2S. The summed E-state index contributed by atoms with van der Waals surface area (Å²) in [5.41, 5.74) is 0. The minimum absolute atomic E-state index is 0.501. The zero-order chi connectivity index (χ0) is 8.36. The van der Waals surface area contributed by atoms with Crippen LogP contribution in [0.1, 0.15) is 6.92 Å². The van der Waals surface area contributed by atoms with Crippen LogP contribution in [0.25, 0.3) is 0 Å². The van der Waals surface area contributed by atoms with Crippen LogP contribution in [0.5, 0.6) is 0 Å². The highest BCUT2D eigenvalue weighted by Crippen LogP contribution is 2.18. The molecule has 0 aromatic carbocycles. The van der Waals surface area contributed by atoms with Crippen molar-refractivity contribution in [2.75, 3.05) is 5.75 Å². The first-order valence-corrected chi connectivity index (χ1v) is 4.38. The molecule has 0 heterocycles. The van der Waals surface area contributed by atoms with Gasteiger partial charge in [0.15, 0.2) is 0 Å². The first-order valence-electron chi connectivity index (χ1n) is 2.35. The molecule has 0 bridgehead atoms. The van der Waals surface area contributed by atoms with Crippen LogP contribution in [0.15, 0.2) is 10.4 Å². The van der Waals surface area contributed by atoms with E-state index in [2.05, 4.69) is 11.6 Å². The molecular weight excluding hydrogens is 186 g/mol. The molecule has 0 aliphatic heterocycles. The lowest BCUT2D eigenvalue weighted by molar-refractivity contribution is 0.559. The van der Waals surface area contributed by atoms with Gasteiger partial charge in [0.2, 0.25) is 15.1 Å². The molecule has 0 saturated carbocycles. The van der Waals surface area contributed by atoms with Gasteiger partial charge in [0, 0.05) is 0 Å². The van der Waals surface area contributed by atoms with E-state index in [9.17, 15) is 17.2 Å². The van der Waals surface area contributed by atoms with Crippen molar-refractivity contribution in [2.45, 2.75) is 6.92 Å². The van der Waals surface area contributed by atoms with Gasteiger partial charge in [-0.2, -0.15) is 8.78 Å². The molecule has 0 fully saturated rings. The van der Waals surface area contributed by atoms with Gasteiger partial charge in [-0.05, 0) is 11.6 Å². The number of hydrogen-bond donors (Lipinski definition) is 0. The minimum atomic E-state index is -4.09. The first-order chi connectivity index (χ1) is 4.41. The van der Waals surface area contributed by atoms with Crippen LogP contribution < -0.4 is 0 Å². The zero-order valence-electron chi connectivity index (χ0n) is 5.07. The van der Waals surface area contributed by atoms with Crippen LogP contribution in [-0.4, -0.2) is 14.2 Å². The predicted molar refractivity (Wildman–Crippen MR) is 34.6 cm³/mol. The Balaban J connectivity index is 4.87. The molecule has 0 radical (unpaired) electrons. The van der Waals surface area contributed by atoms with Crippen LogP contribution >= 0.6 is 11.6 Å². The van der Waals surface area contributed by atoms with Gasteiger partial charge in [-0.1, -0.05) is 6.92 Å². The van der Waals surface area contributed by atoms with E-state index in [1.54, 1.807) is 0 Å². The predicted octanol–water partition coefficient (Wildman–Crippen LogP) is 1.73. The lowest BCUT2D eigenvalue weighted by atomic mass is 11.0. The Hall–Kier alpha value is -0.160. The summed E-state index contributed by atoms with van der Waals surface area (Å²) in [7, 11) is -4.09. The van der Waals surface area contributed by atoms with Crippen LogP contribution in [-0.2, 0) is 9.84 Å². The summed E-state index contributed by atoms with van der Waals surface area (Å²) < 4.78 is 44.5. The van der Waals surface area contributed by atoms with Gasteiger partial charge in [0.05, 0.1) is 5.75 Å². The monoisotopic (exact) mass is 190 g/mol. The smallest absolute Gasteiger partial charge is 0.221 e. The Labute approximate surface area is 62.4 Å². The van der Waals surface area contributed by atoms with Crippen molar-refractivity contribution in [1.82, 2.24) is 0 Å². The van der Waals surface area contributed by atoms with Crippen LogP contribution in [0.2, 0.25) is 0 Å². The van der Waals surface area contributed by atoms with E-state index in [0.717, 1.165) is 0 Å². The van der Waals surface area contributed by atoms with Crippen LogP contribution in [0, 0.1) is 0 Å². The second kappa shape index (κ2) is 3.30. The molecule has 0 aliphatic carbocycles. The molecule has 0 spiro atoms. The molecule has 0 unspecified atom stereocenters. The maximum absolute atomic E-state index is 12.1. The quantitative estimate of drug-likeness (QED) is 0.665. The molecule has 0 aromatic rings. The van der Waals surface area contributed by atoms with Gasteiger partial charge in [-0.25, -0.2) is 8.42 Å². The van der Waals surface area contributed by atoms with Gasteiger partial charge >= 0.3 is 0 Å². The van der Waals surface area contributed by atoms with Gasteiger partial charge in [-0.15, -0.1) is 0 Å². The van der Waals surface area contributed by atoms with E-state index >= 15 is 0 Å². The number of rotatable bonds is 2. The van der Waals surface area contributed by atoms with Crippen molar-refractivity contribution >= 4 is 21.4 Å². The summed E-state index contributed by atoms with van der Waals surface area (Å²) in [5, 5.41) is -3.71. The maximum atomic E-state index is 12.1. The number of sulfone groups is 1. The Morgan fingerprint density at radius 1 is 1.50 bits per heavy atom. The molecule has 0 rings (SSSR count). The van der Waals surface area contributed by atoms with Crippen molar-refractivity contribution < 1.29 is 17.2 Å². The molecule has 60 valence electrons.